The Kier molecular flexibility index (Phi) is 2.92. The van der Waals surface area contributed by atoms with Crippen molar-refractivity contribution in [3.05, 3.63) is 29.3 Å². The summed E-state index contributed by atoms with van der Waals surface area (Å²) in [5.41, 5.74) is 2.43. The van der Waals surface area contributed by atoms with E-state index in [-0.39, 0.29) is 11.2 Å². The molecule has 112 valence electrons. The van der Waals surface area contributed by atoms with Gasteiger partial charge in [0.1, 0.15) is 5.75 Å². The third kappa shape index (κ3) is 2.03. The molecule has 0 amide bonds. The fourth-order valence-corrected chi connectivity index (χ4v) is 5.78. The molecule has 4 aliphatic carbocycles. The Balaban J connectivity index is 1.81. The van der Waals surface area contributed by atoms with Crippen LogP contribution in [0.15, 0.2) is 18.2 Å². The number of rotatable bonds is 3. The minimum Gasteiger partial charge on any atom is -0.496 e. The summed E-state index contributed by atoms with van der Waals surface area (Å²) in [6.45, 7) is 1.66. The van der Waals surface area contributed by atoms with Crippen molar-refractivity contribution in [2.24, 2.45) is 17.8 Å². The number of hydrogen-bond acceptors (Lipinski definition) is 2. The van der Waals surface area contributed by atoms with E-state index in [0.29, 0.717) is 0 Å². The number of Topliss-reactive ketones (excluding diaryl/α,β-unsaturated/α-hetero) is 1. The second kappa shape index (κ2) is 4.59. The van der Waals surface area contributed by atoms with Crippen LogP contribution in [0, 0.1) is 17.8 Å². The van der Waals surface area contributed by atoms with Crippen molar-refractivity contribution in [3.8, 4) is 5.75 Å². The third-order valence-electron chi connectivity index (χ3n) is 6.22. The first-order chi connectivity index (χ1) is 10.1. The van der Waals surface area contributed by atoms with Gasteiger partial charge in [0, 0.05) is 11.1 Å². The van der Waals surface area contributed by atoms with Crippen LogP contribution in [-0.4, -0.2) is 12.9 Å². The van der Waals surface area contributed by atoms with Crippen molar-refractivity contribution < 1.29 is 9.53 Å². The van der Waals surface area contributed by atoms with Crippen molar-refractivity contribution in [3.63, 3.8) is 0 Å². The molecule has 4 aliphatic rings. The number of ether oxygens (including phenoxy) is 1. The molecule has 5 rings (SSSR count). The Hall–Kier alpha value is -1.31. The highest BCUT2D eigenvalue weighted by atomic mass is 16.5. The summed E-state index contributed by atoms with van der Waals surface area (Å²) in [6.07, 6.45) is 8.22. The van der Waals surface area contributed by atoms with Crippen molar-refractivity contribution >= 4 is 5.78 Å². The Bertz CT molecular complexity index is 552. The van der Waals surface area contributed by atoms with Crippen LogP contribution in [0.25, 0.3) is 0 Å². The maximum atomic E-state index is 11.8. The number of hydrogen-bond donors (Lipinski definition) is 0. The normalized spacial score (nSPS) is 36.8. The second-order valence-corrected chi connectivity index (χ2v) is 7.67. The minimum absolute atomic E-state index is 0.156. The smallest absolute Gasteiger partial charge is 0.159 e. The predicted molar refractivity (Wildman–Crippen MR) is 82.8 cm³/mol. The molecule has 2 nitrogen and oxygen atoms in total. The highest BCUT2D eigenvalue weighted by Crippen LogP contribution is 2.61. The topological polar surface area (TPSA) is 26.3 Å². The number of ketones is 1. The molecular formula is C19H24O2. The zero-order valence-corrected chi connectivity index (χ0v) is 13.0. The zero-order valence-electron chi connectivity index (χ0n) is 13.0. The molecule has 0 heterocycles. The van der Waals surface area contributed by atoms with Gasteiger partial charge in [-0.15, -0.1) is 0 Å². The van der Waals surface area contributed by atoms with E-state index in [9.17, 15) is 4.79 Å². The van der Waals surface area contributed by atoms with Gasteiger partial charge in [-0.1, -0.05) is 0 Å². The van der Waals surface area contributed by atoms with Crippen molar-refractivity contribution in [2.75, 3.05) is 7.11 Å². The summed E-state index contributed by atoms with van der Waals surface area (Å²) in [5, 5.41) is 0. The van der Waals surface area contributed by atoms with Crippen LogP contribution in [0.4, 0.5) is 0 Å². The highest BCUT2D eigenvalue weighted by molar-refractivity contribution is 5.94. The first-order valence-electron chi connectivity index (χ1n) is 8.29. The molecule has 0 aliphatic heterocycles. The van der Waals surface area contributed by atoms with Gasteiger partial charge < -0.3 is 4.74 Å². The predicted octanol–water partition coefficient (Wildman–Crippen LogP) is 4.37. The van der Waals surface area contributed by atoms with Gasteiger partial charge in [-0.05, 0) is 86.8 Å². The lowest BCUT2D eigenvalue weighted by molar-refractivity contribution is -0.00617. The number of carbonyl (C=O) groups is 1. The summed E-state index contributed by atoms with van der Waals surface area (Å²) >= 11 is 0. The lowest BCUT2D eigenvalue weighted by atomic mass is 9.48. The third-order valence-corrected chi connectivity index (χ3v) is 6.22. The molecule has 1 aromatic rings. The average molecular weight is 284 g/mol. The van der Waals surface area contributed by atoms with Crippen LogP contribution in [0.3, 0.4) is 0 Å². The number of benzene rings is 1. The molecule has 0 saturated heterocycles. The zero-order chi connectivity index (χ0) is 14.6. The molecule has 4 fully saturated rings. The first kappa shape index (κ1) is 13.4. The van der Waals surface area contributed by atoms with Crippen molar-refractivity contribution in [1.82, 2.24) is 0 Å². The molecule has 1 aromatic carbocycles. The largest absolute Gasteiger partial charge is 0.496 e. The molecule has 0 aromatic heterocycles. The monoisotopic (exact) mass is 284 g/mol. The van der Waals surface area contributed by atoms with E-state index < -0.39 is 0 Å². The van der Waals surface area contributed by atoms with Crippen molar-refractivity contribution in [2.45, 2.75) is 50.9 Å². The number of methoxy groups -OCH3 is 1. The van der Waals surface area contributed by atoms with Gasteiger partial charge in [0.25, 0.3) is 0 Å². The van der Waals surface area contributed by atoms with Crippen LogP contribution < -0.4 is 4.74 Å². The van der Waals surface area contributed by atoms with Crippen LogP contribution in [0.1, 0.15) is 61.4 Å². The summed E-state index contributed by atoms with van der Waals surface area (Å²) in [7, 11) is 1.76. The van der Waals surface area contributed by atoms with E-state index in [1.807, 2.05) is 12.1 Å². The Morgan fingerprint density at radius 1 is 1.10 bits per heavy atom. The maximum Gasteiger partial charge on any atom is 0.159 e. The first-order valence-corrected chi connectivity index (χ1v) is 8.29. The van der Waals surface area contributed by atoms with Crippen LogP contribution in [0.5, 0.6) is 5.75 Å². The summed E-state index contributed by atoms with van der Waals surface area (Å²) < 4.78 is 5.66. The molecule has 0 radical (unpaired) electrons. The molecule has 0 unspecified atom stereocenters. The molecule has 4 saturated carbocycles. The van der Waals surface area contributed by atoms with Gasteiger partial charge in [0.15, 0.2) is 5.78 Å². The molecule has 4 bridgehead atoms. The fourth-order valence-electron chi connectivity index (χ4n) is 5.78. The number of carbonyl (C=O) groups excluding carboxylic acids is 1. The fraction of sp³-hybridized carbons (Fsp3) is 0.632. The van der Waals surface area contributed by atoms with Crippen LogP contribution in [-0.2, 0) is 5.41 Å². The summed E-state index contributed by atoms with van der Waals surface area (Å²) in [5.74, 6) is 3.86. The van der Waals surface area contributed by atoms with Gasteiger partial charge in [-0.3, -0.25) is 4.79 Å². The lowest BCUT2D eigenvalue weighted by Crippen LogP contribution is -2.48. The lowest BCUT2D eigenvalue weighted by Gasteiger charge is -2.57. The second-order valence-electron chi connectivity index (χ2n) is 7.67. The van der Waals surface area contributed by atoms with E-state index in [0.717, 1.165) is 29.1 Å². The molecule has 0 spiro atoms. The Morgan fingerprint density at radius 3 is 2.14 bits per heavy atom. The van der Waals surface area contributed by atoms with E-state index in [4.69, 9.17) is 4.74 Å². The minimum atomic E-state index is 0.156. The molecule has 21 heavy (non-hydrogen) atoms. The van der Waals surface area contributed by atoms with Gasteiger partial charge >= 0.3 is 0 Å². The van der Waals surface area contributed by atoms with E-state index in [1.165, 1.54) is 44.1 Å². The Labute approximate surface area is 126 Å². The molecule has 0 atom stereocenters. The standard InChI is InChI=1S/C19H24O2/c1-12(20)16-3-4-18(21-2)17(8-16)19-9-13-5-14(10-19)7-15(6-13)11-19/h3-4,8,13-15H,5-7,9-11H2,1-2H3. The van der Waals surface area contributed by atoms with Gasteiger partial charge in [-0.25, -0.2) is 0 Å². The molecular weight excluding hydrogens is 260 g/mol. The summed E-state index contributed by atoms with van der Waals surface area (Å²) in [6, 6.07) is 6.05. The molecule has 2 heteroatoms. The van der Waals surface area contributed by atoms with Gasteiger partial charge in [0.05, 0.1) is 7.11 Å². The van der Waals surface area contributed by atoms with Crippen LogP contribution >= 0.6 is 0 Å². The SMILES string of the molecule is COc1ccc(C(C)=O)cc1C12CC3CC(CC(C3)C1)C2. The summed E-state index contributed by atoms with van der Waals surface area (Å²) in [4.78, 5) is 11.8. The van der Waals surface area contributed by atoms with Crippen molar-refractivity contribution in [1.29, 1.82) is 0 Å². The maximum absolute atomic E-state index is 11.8. The highest BCUT2D eigenvalue weighted by Gasteiger charge is 2.52. The quantitative estimate of drug-likeness (QED) is 0.771. The Morgan fingerprint density at radius 2 is 1.67 bits per heavy atom. The van der Waals surface area contributed by atoms with E-state index >= 15 is 0 Å². The van der Waals surface area contributed by atoms with Crippen LogP contribution in [0.2, 0.25) is 0 Å². The van der Waals surface area contributed by atoms with Gasteiger partial charge in [0.2, 0.25) is 0 Å². The average Bonchev–Trinajstić information content (AvgIpc) is 2.45. The molecule has 0 N–H and O–H groups in total. The van der Waals surface area contributed by atoms with E-state index in [1.54, 1.807) is 14.0 Å². The van der Waals surface area contributed by atoms with Gasteiger partial charge in [-0.2, -0.15) is 0 Å². The van der Waals surface area contributed by atoms with E-state index in [2.05, 4.69) is 6.07 Å².